The molecule has 0 saturated carbocycles. The van der Waals surface area contributed by atoms with Crippen LogP contribution in [0.15, 0.2) is 84.0 Å². The molecule has 3 aromatic carbocycles. The highest BCUT2D eigenvalue weighted by atomic mass is 19.4. The number of nitrogens with one attached hydrogen (secondary N) is 2. The predicted molar refractivity (Wildman–Crippen MR) is 117 cm³/mol. The molecule has 31 heavy (non-hydrogen) atoms. The number of halogens is 3. The first-order chi connectivity index (χ1) is 14.8. The van der Waals surface area contributed by atoms with Crippen LogP contribution in [0.1, 0.15) is 11.1 Å². The number of rotatable bonds is 7. The smallest absolute Gasteiger partial charge is 0.376 e. The molecule has 0 aliphatic carbocycles. The fourth-order valence-corrected chi connectivity index (χ4v) is 2.79. The van der Waals surface area contributed by atoms with Gasteiger partial charge in [0, 0.05) is 24.1 Å². The Morgan fingerprint density at radius 3 is 2.32 bits per heavy atom. The van der Waals surface area contributed by atoms with E-state index in [1.54, 1.807) is 0 Å². The summed E-state index contributed by atoms with van der Waals surface area (Å²) in [6.07, 6.45) is -2.94. The average molecular weight is 426 g/mol. The molecular formula is C23H21F3N4O. The van der Waals surface area contributed by atoms with E-state index in [2.05, 4.69) is 15.8 Å². The van der Waals surface area contributed by atoms with Crippen LogP contribution in [0.4, 0.5) is 30.2 Å². The van der Waals surface area contributed by atoms with Gasteiger partial charge in [0.15, 0.2) is 0 Å². The lowest BCUT2D eigenvalue weighted by molar-refractivity contribution is -0.137. The van der Waals surface area contributed by atoms with Gasteiger partial charge in [0.2, 0.25) is 0 Å². The van der Waals surface area contributed by atoms with Gasteiger partial charge in [0.25, 0.3) is 5.91 Å². The third kappa shape index (κ3) is 6.33. The molecule has 0 aliphatic heterocycles. The minimum Gasteiger partial charge on any atom is -0.376 e. The zero-order valence-corrected chi connectivity index (χ0v) is 16.7. The van der Waals surface area contributed by atoms with Crippen molar-refractivity contribution in [2.24, 2.45) is 5.10 Å². The highest BCUT2D eigenvalue weighted by Crippen LogP contribution is 2.30. The average Bonchev–Trinajstić information content (AvgIpc) is 2.78. The largest absolute Gasteiger partial charge is 0.416 e. The molecule has 1 amide bonds. The van der Waals surface area contributed by atoms with Crippen molar-refractivity contribution in [2.75, 3.05) is 23.8 Å². The number of hydrogen-bond acceptors (Lipinski definition) is 4. The summed E-state index contributed by atoms with van der Waals surface area (Å²) in [7, 11) is 1.97. The van der Waals surface area contributed by atoms with Crippen molar-refractivity contribution in [2.45, 2.75) is 6.18 Å². The van der Waals surface area contributed by atoms with Crippen molar-refractivity contribution < 1.29 is 18.0 Å². The Balaban J connectivity index is 1.50. The molecule has 0 bridgehead atoms. The predicted octanol–water partition coefficient (Wildman–Crippen LogP) is 5.04. The van der Waals surface area contributed by atoms with Crippen molar-refractivity contribution in [1.29, 1.82) is 0 Å². The van der Waals surface area contributed by atoms with Gasteiger partial charge in [-0.05, 0) is 48.0 Å². The normalized spacial score (nSPS) is 11.4. The summed E-state index contributed by atoms with van der Waals surface area (Å²) in [5.74, 6) is -0.478. The second-order valence-corrected chi connectivity index (χ2v) is 6.71. The first-order valence-corrected chi connectivity index (χ1v) is 9.45. The monoisotopic (exact) mass is 426 g/mol. The minimum absolute atomic E-state index is 0.201. The summed E-state index contributed by atoms with van der Waals surface area (Å²) in [4.78, 5) is 13.9. The second kappa shape index (κ2) is 9.80. The Kier molecular flexibility index (Phi) is 6.92. The van der Waals surface area contributed by atoms with Crippen LogP contribution in [0.5, 0.6) is 0 Å². The standard InChI is InChI=1S/C23H21F3N4O/c1-30(20-8-3-2-4-9-20)21-12-10-17(11-13-21)15-28-29-22(31)16-27-19-7-5-6-18(14-19)23(24,25)26/h2-15,27H,16H2,1H3,(H,29,31). The van der Waals surface area contributed by atoms with Crippen molar-refractivity contribution in [3.8, 4) is 0 Å². The van der Waals surface area contributed by atoms with Gasteiger partial charge in [-0.2, -0.15) is 18.3 Å². The SMILES string of the molecule is CN(c1ccccc1)c1ccc(C=NNC(=O)CNc2cccc(C(F)(F)F)c2)cc1. The van der Waals surface area contributed by atoms with E-state index < -0.39 is 17.6 Å². The van der Waals surface area contributed by atoms with Crippen molar-refractivity contribution in [1.82, 2.24) is 5.43 Å². The van der Waals surface area contributed by atoms with Crippen molar-refractivity contribution in [3.05, 3.63) is 90.0 Å². The number of para-hydroxylation sites is 1. The molecule has 0 heterocycles. The lowest BCUT2D eigenvalue weighted by Gasteiger charge is -2.19. The number of benzene rings is 3. The van der Waals surface area contributed by atoms with Crippen molar-refractivity contribution in [3.63, 3.8) is 0 Å². The van der Waals surface area contributed by atoms with Gasteiger partial charge in [-0.3, -0.25) is 4.79 Å². The van der Waals surface area contributed by atoms with E-state index in [1.165, 1.54) is 18.3 Å². The summed E-state index contributed by atoms with van der Waals surface area (Å²) in [6, 6.07) is 22.2. The fraction of sp³-hybridized carbons (Fsp3) is 0.130. The Bertz CT molecular complexity index is 1030. The molecule has 3 rings (SSSR count). The highest BCUT2D eigenvalue weighted by Gasteiger charge is 2.30. The zero-order chi connectivity index (χ0) is 22.3. The summed E-state index contributed by atoms with van der Waals surface area (Å²) in [6.45, 7) is -0.209. The third-order valence-electron chi connectivity index (χ3n) is 4.47. The molecule has 160 valence electrons. The zero-order valence-electron chi connectivity index (χ0n) is 16.7. The molecule has 8 heteroatoms. The van der Waals surface area contributed by atoms with Crippen LogP contribution >= 0.6 is 0 Å². The van der Waals surface area contributed by atoms with Crippen LogP contribution in [0, 0.1) is 0 Å². The molecular weight excluding hydrogens is 405 g/mol. The Morgan fingerprint density at radius 1 is 0.968 bits per heavy atom. The molecule has 0 radical (unpaired) electrons. The summed E-state index contributed by atoms with van der Waals surface area (Å²) in [5.41, 5.74) is 4.61. The van der Waals surface area contributed by atoms with Gasteiger partial charge in [-0.1, -0.05) is 36.4 Å². The number of hydrogen-bond donors (Lipinski definition) is 2. The number of carbonyl (C=O) groups excluding carboxylic acids is 1. The lowest BCUT2D eigenvalue weighted by Crippen LogP contribution is -2.26. The first kappa shape index (κ1) is 21.9. The van der Waals surface area contributed by atoms with E-state index in [0.717, 1.165) is 29.1 Å². The lowest BCUT2D eigenvalue weighted by atomic mass is 10.2. The van der Waals surface area contributed by atoms with Gasteiger partial charge < -0.3 is 10.2 Å². The molecule has 0 fully saturated rings. The van der Waals surface area contributed by atoms with E-state index >= 15 is 0 Å². The number of carbonyl (C=O) groups is 1. The molecule has 0 aromatic heterocycles. The number of nitrogens with zero attached hydrogens (tertiary/aromatic N) is 2. The molecule has 3 aromatic rings. The van der Waals surface area contributed by atoms with Gasteiger partial charge in [-0.25, -0.2) is 5.43 Å². The summed E-state index contributed by atoms with van der Waals surface area (Å²) >= 11 is 0. The number of alkyl halides is 3. The second-order valence-electron chi connectivity index (χ2n) is 6.71. The maximum atomic E-state index is 12.7. The minimum atomic E-state index is -4.43. The molecule has 0 aliphatic rings. The van der Waals surface area contributed by atoms with Crippen LogP contribution in [-0.4, -0.2) is 25.7 Å². The Hall–Kier alpha value is -3.81. The van der Waals surface area contributed by atoms with E-state index in [-0.39, 0.29) is 12.2 Å². The van der Waals surface area contributed by atoms with E-state index in [4.69, 9.17) is 0 Å². The van der Waals surface area contributed by atoms with E-state index in [1.807, 2.05) is 66.5 Å². The van der Waals surface area contributed by atoms with Gasteiger partial charge in [0.1, 0.15) is 0 Å². The van der Waals surface area contributed by atoms with E-state index in [9.17, 15) is 18.0 Å². The summed E-state index contributed by atoms with van der Waals surface area (Å²) in [5, 5.41) is 6.53. The maximum absolute atomic E-state index is 12.7. The van der Waals surface area contributed by atoms with Gasteiger partial charge >= 0.3 is 6.18 Å². The Morgan fingerprint density at radius 2 is 1.65 bits per heavy atom. The molecule has 0 saturated heterocycles. The molecule has 0 unspecified atom stereocenters. The van der Waals surface area contributed by atoms with E-state index in [0.29, 0.717) is 0 Å². The third-order valence-corrected chi connectivity index (χ3v) is 4.47. The maximum Gasteiger partial charge on any atom is 0.416 e. The fourth-order valence-electron chi connectivity index (χ4n) is 2.79. The van der Waals surface area contributed by atoms with Crippen molar-refractivity contribution >= 4 is 29.2 Å². The molecule has 5 nitrogen and oxygen atoms in total. The van der Waals surface area contributed by atoms with Crippen LogP contribution in [0.2, 0.25) is 0 Å². The topological polar surface area (TPSA) is 56.7 Å². The van der Waals surface area contributed by atoms with Crippen LogP contribution in [0.25, 0.3) is 0 Å². The number of hydrazone groups is 1. The number of amides is 1. The highest BCUT2D eigenvalue weighted by molar-refractivity contribution is 5.84. The van der Waals surface area contributed by atoms with Crippen LogP contribution < -0.4 is 15.6 Å². The number of anilines is 3. The Labute approximate surface area is 178 Å². The first-order valence-electron chi connectivity index (χ1n) is 9.45. The quantitative estimate of drug-likeness (QED) is 0.411. The van der Waals surface area contributed by atoms with Gasteiger partial charge in [-0.15, -0.1) is 0 Å². The summed E-state index contributed by atoms with van der Waals surface area (Å²) < 4.78 is 38.2. The molecule has 2 N–H and O–H groups in total. The van der Waals surface area contributed by atoms with Crippen LogP contribution in [-0.2, 0) is 11.0 Å². The van der Waals surface area contributed by atoms with Gasteiger partial charge in [0.05, 0.1) is 18.3 Å². The molecule has 0 spiro atoms. The molecule has 0 atom stereocenters. The van der Waals surface area contributed by atoms with Crippen LogP contribution in [0.3, 0.4) is 0 Å².